The monoisotopic (exact) mass is 1790 g/mol. The molecule has 35 heteroatoms. The van der Waals surface area contributed by atoms with E-state index in [0.29, 0.717) is 65.7 Å². The molecule has 0 atom stereocenters. The molecule has 4 N–H and O–H groups in total. The van der Waals surface area contributed by atoms with E-state index < -0.39 is 38.0 Å². The molecule has 5 saturated heterocycles. The van der Waals surface area contributed by atoms with Crippen molar-refractivity contribution in [3.8, 4) is 0 Å². The molecule has 0 aliphatic carbocycles. The van der Waals surface area contributed by atoms with Gasteiger partial charge in [0.2, 0.25) is 0 Å². The summed E-state index contributed by atoms with van der Waals surface area (Å²) in [6, 6.07) is 28.8. The summed E-state index contributed by atoms with van der Waals surface area (Å²) >= 11 is 4.97. The maximum Gasteiger partial charge on any atom is 0.410 e. The Bertz CT molecular complexity index is 3360. The molecule has 5 aliphatic heterocycles. The minimum atomic E-state index is -3.35. The first-order valence-corrected chi connectivity index (χ1v) is 44.1. The Hall–Kier alpha value is -7.12. The van der Waals surface area contributed by atoms with E-state index >= 15 is 0 Å². The van der Waals surface area contributed by atoms with Crippen molar-refractivity contribution in [1.29, 1.82) is 0 Å². The molecule has 3 aromatic rings. The highest BCUT2D eigenvalue weighted by atomic mass is 35.5. The number of hydrogen-bond donors (Lipinski definition) is 4. The number of amides is 6. The van der Waals surface area contributed by atoms with Crippen LogP contribution >= 0.6 is 24.0 Å². The highest BCUT2D eigenvalue weighted by molar-refractivity contribution is 7.86. The van der Waals surface area contributed by atoms with E-state index in [4.69, 9.17) is 55.8 Å². The van der Waals surface area contributed by atoms with Crippen LogP contribution in [0.3, 0.4) is 0 Å². The van der Waals surface area contributed by atoms with Crippen LogP contribution in [-0.4, -0.2) is 368 Å². The summed E-state index contributed by atoms with van der Waals surface area (Å²) in [5, 5.41) is 22.2. The number of carbonyl (C=O) groups excluding carboxylic acids is 7. The summed E-state index contributed by atoms with van der Waals surface area (Å²) in [4.78, 5) is 104. The number of halogens is 2. The van der Waals surface area contributed by atoms with Crippen molar-refractivity contribution in [2.45, 2.75) is 179 Å². The Balaban J connectivity index is 0. The van der Waals surface area contributed by atoms with Crippen LogP contribution in [-0.2, 0) is 67.3 Å². The fraction of sp³-hybridized carbons (Fsp3) is 0.713. The van der Waals surface area contributed by atoms with Gasteiger partial charge in [0.05, 0.1) is 12.9 Å². The summed E-state index contributed by atoms with van der Waals surface area (Å²) in [5.74, 6) is 0. The fourth-order valence-electron chi connectivity index (χ4n) is 11.7. The molecular weight excluding hydrogens is 1630 g/mol. The second-order valence-electron chi connectivity index (χ2n) is 32.9. The van der Waals surface area contributed by atoms with Crippen molar-refractivity contribution < 1.29 is 90.9 Å². The van der Waals surface area contributed by atoms with Crippen molar-refractivity contribution in [2.75, 3.05) is 231 Å². The predicted octanol–water partition coefficient (Wildman–Crippen LogP) is 12.0. The average molecular weight is 1790 g/mol. The number of rotatable bonds is 26. The van der Waals surface area contributed by atoms with Gasteiger partial charge >= 0.3 is 42.0 Å². The van der Waals surface area contributed by atoms with Gasteiger partial charge in [-0.3, -0.25) is 23.8 Å². The normalized spacial score (nSPS) is 15.5. The van der Waals surface area contributed by atoms with Crippen LogP contribution in [0, 0.1) is 0 Å². The maximum absolute atomic E-state index is 12.1. The molecule has 32 nitrogen and oxygen atoms in total. The third kappa shape index (κ3) is 60.5. The summed E-state index contributed by atoms with van der Waals surface area (Å²) in [5.41, 5.74) is 0.388. The van der Waals surface area contributed by atoms with E-state index in [-0.39, 0.29) is 82.8 Å². The number of aliphatic hydroxyl groups excluding tert-OH is 2. The molecule has 3 aromatic carbocycles. The lowest BCUT2D eigenvalue weighted by Crippen LogP contribution is -2.50. The van der Waals surface area contributed by atoms with Gasteiger partial charge in [0.1, 0.15) is 42.2 Å². The first-order valence-electron chi connectivity index (χ1n) is 42.6. The van der Waals surface area contributed by atoms with Crippen molar-refractivity contribution in [2.24, 2.45) is 0 Å². The minimum absolute atomic E-state index is 0. The quantitative estimate of drug-likeness (QED) is 0.0251. The van der Waals surface area contributed by atoms with Gasteiger partial charge in [-0.2, -0.15) is 8.42 Å². The van der Waals surface area contributed by atoms with E-state index in [2.05, 4.69) is 39.9 Å². The fourth-order valence-corrected chi connectivity index (χ4v) is 12.2. The summed E-state index contributed by atoms with van der Waals surface area (Å²) in [6.45, 7) is 49.9. The minimum Gasteiger partial charge on any atom is -0.449 e. The van der Waals surface area contributed by atoms with E-state index in [0.717, 1.165) is 193 Å². The van der Waals surface area contributed by atoms with E-state index in [9.17, 15) is 42.0 Å². The first-order chi connectivity index (χ1) is 57.1. The zero-order valence-electron chi connectivity index (χ0n) is 77.2. The SMILES string of the molecule is C.CC(C)(C)OC(=O)N1CCN(CCCO)CC1.CC(C)(C)OC(=O)N1CCN(CCCOS(C)(=O)=O)CC1.CN(CCCN1CCN(C(=O)OC(C)(C)C)CC1)C(=O)OCc1ccccc1.CN(CCCN1CCNCC1)C(=O)OCc1ccccc1.CNCCCN1CCN(C(=O)OC(C)(C)C)CC1.CO.Cl.O=C(Cl)OCc1ccccc1.[2H]CC. The van der Waals surface area contributed by atoms with Crippen LogP contribution in [0.15, 0.2) is 91.0 Å². The first kappa shape index (κ1) is 115. The van der Waals surface area contributed by atoms with Crippen molar-refractivity contribution in [3.63, 3.8) is 0 Å². The Kier molecular flexibility index (Phi) is 61.6. The second-order valence-corrected chi connectivity index (χ2v) is 34.8. The van der Waals surface area contributed by atoms with Gasteiger partial charge in [0.15, 0.2) is 0 Å². The van der Waals surface area contributed by atoms with Crippen LogP contribution in [0.4, 0.5) is 33.6 Å². The van der Waals surface area contributed by atoms with Crippen LogP contribution in [0.25, 0.3) is 0 Å². The molecule has 122 heavy (non-hydrogen) atoms. The largest absolute Gasteiger partial charge is 0.449 e. The van der Waals surface area contributed by atoms with Crippen LogP contribution in [0.5, 0.6) is 0 Å². The molecular formula is C87H157Cl2N13O19S. The lowest BCUT2D eigenvalue weighted by molar-refractivity contribution is 0.0132. The van der Waals surface area contributed by atoms with E-state index in [1.54, 1.807) is 50.4 Å². The topological polar surface area (TPSA) is 328 Å². The Morgan fingerprint density at radius 2 is 0.721 bits per heavy atom. The van der Waals surface area contributed by atoms with Crippen molar-refractivity contribution in [3.05, 3.63) is 108 Å². The summed E-state index contributed by atoms with van der Waals surface area (Å²) in [7, 11) is 3.17. The highest BCUT2D eigenvalue weighted by Crippen LogP contribution is 2.18. The Morgan fingerprint density at radius 1 is 0.459 bits per heavy atom. The van der Waals surface area contributed by atoms with Crippen molar-refractivity contribution in [1.82, 2.24) is 64.5 Å². The number of nitrogens with zero attached hydrogens (tertiary/aromatic N) is 11. The molecule has 5 aliphatic rings. The third-order valence-electron chi connectivity index (χ3n) is 17.9. The van der Waals surface area contributed by atoms with Crippen LogP contribution in [0.2, 0.25) is 0 Å². The predicted molar refractivity (Wildman–Crippen MR) is 486 cm³/mol. The van der Waals surface area contributed by atoms with Gasteiger partial charge < -0.3 is 88.3 Å². The average Bonchev–Trinajstić information content (AvgIpc) is 0.881. The van der Waals surface area contributed by atoms with Gasteiger partial charge in [-0.15, -0.1) is 12.4 Å². The number of benzene rings is 3. The molecule has 0 unspecified atom stereocenters. The Morgan fingerprint density at radius 3 is 0.984 bits per heavy atom. The van der Waals surface area contributed by atoms with Crippen molar-refractivity contribution >= 4 is 76.1 Å². The van der Waals surface area contributed by atoms with Crippen LogP contribution < -0.4 is 10.6 Å². The summed E-state index contributed by atoms with van der Waals surface area (Å²) < 4.78 is 69.2. The lowest BCUT2D eigenvalue weighted by atomic mass is 10.2. The molecule has 0 spiro atoms. The molecule has 8 rings (SSSR count). The smallest absolute Gasteiger partial charge is 0.410 e. The number of nitrogens with one attached hydrogen (secondary N) is 2. The molecule has 704 valence electrons. The lowest BCUT2D eigenvalue weighted by Gasteiger charge is -2.35. The molecule has 0 radical (unpaired) electrons. The molecule has 5 fully saturated rings. The number of piperazine rings is 5. The number of ether oxygens (including phenoxy) is 7. The number of aliphatic hydroxyl groups is 2. The van der Waals surface area contributed by atoms with Gasteiger partial charge in [-0.05, 0) is 165 Å². The Labute approximate surface area is 745 Å². The molecule has 0 saturated carbocycles. The molecule has 0 aromatic heterocycles. The summed E-state index contributed by atoms with van der Waals surface area (Å²) in [6.07, 6.45) is 4.02. The van der Waals surface area contributed by atoms with Gasteiger partial charge in [-0.1, -0.05) is 112 Å². The molecule has 0 bridgehead atoms. The molecule has 6 amide bonds. The molecule has 5 heterocycles. The van der Waals surface area contributed by atoms with E-state index in [1.807, 2.05) is 181 Å². The standard InChI is InChI=1S/C21H33N3O4.C16H25N3O2.C13H27N3O2.C13H26N2O5S.C12H24N2O3.C8H7ClO2.C2H6.CH4O.CH4.ClH/c1-21(2,3)28-20(26)24-15-13-23(14-16-24)12-8-11-22(4)19(25)27-17-18-9-6-5-7-10-18;1-18(10-5-11-19-12-8-17-9-13-19)16(20)21-14-15-6-3-2-4-7-15;1-13(2,3)18-12(17)16-10-8-15(9-11-16)7-5-6-14-4;1-13(2,3)20-12(16)15-9-7-14(8-10-15)6-5-11-19-21(4,17)18;1-12(2,3)17-11(16)14-8-6-13(7-9-14)5-4-10-15;9-8(10)11-6-7-4-2-1-3-5-7;2*1-2;;/h5-7,9-10H,8,11-17H2,1-4H3;2-4,6-7,17H,5,8-14H2,1H3;14H,5-11H2,1-4H3;5-11H2,1-4H3;15H,4-10H2,1-3H3;1-5H,6H2;1-2H3;2H,1H3;1H4;1H/i;;;;;;1D;;;. The second kappa shape index (κ2) is 65.5. The zero-order valence-corrected chi connectivity index (χ0v) is 78.6. The van der Waals surface area contributed by atoms with Gasteiger partial charge in [0, 0.05) is 198 Å². The maximum atomic E-state index is 12.1. The van der Waals surface area contributed by atoms with Gasteiger partial charge in [0.25, 0.3) is 10.1 Å². The zero-order chi connectivity index (χ0) is 90.9. The highest BCUT2D eigenvalue weighted by Gasteiger charge is 2.30. The van der Waals surface area contributed by atoms with E-state index in [1.165, 1.54) is 0 Å². The third-order valence-corrected chi connectivity index (χ3v) is 18.6. The van der Waals surface area contributed by atoms with Crippen LogP contribution in [0.1, 0.15) is 155 Å². The number of carbonyl (C=O) groups is 7. The number of hydrogen-bond acceptors (Lipinski definition) is 26. The van der Waals surface area contributed by atoms with Gasteiger partial charge in [-0.25, -0.2) is 33.6 Å².